The minimum absolute atomic E-state index is 0.00796. The predicted octanol–water partition coefficient (Wildman–Crippen LogP) is 3.09. The Morgan fingerprint density at radius 1 is 1.14 bits per heavy atom. The molecule has 3 aromatic rings. The number of thiazole rings is 1. The highest BCUT2D eigenvalue weighted by Gasteiger charge is 2.25. The number of piperazine rings is 1. The molecule has 8 nitrogen and oxygen atoms in total. The summed E-state index contributed by atoms with van der Waals surface area (Å²) in [6.45, 7) is 4.06. The summed E-state index contributed by atoms with van der Waals surface area (Å²) in [7, 11) is 0. The number of H-pyrrole nitrogens is 1. The van der Waals surface area contributed by atoms with E-state index in [2.05, 4.69) is 27.4 Å². The Balaban J connectivity index is 1.34. The molecule has 3 amide bonds. The summed E-state index contributed by atoms with van der Waals surface area (Å²) in [5.41, 5.74) is 3.18. The highest BCUT2D eigenvalue weighted by molar-refractivity contribution is 7.13. The van der Waals surface area contributed by atoms with E-state index in [1.54, 1.807) is 22.2 Å². The van der Waals surface area contributed by atoms with Crippen molar-refractivity contribution in [3.63, 3.8) is 0 Å². The fourth-order valence-corrected chi connectivity index (χ4v) is 3.91. The van der Waals surface area contributed by atoms with Crippen molar-refractivity contribution >= 4 is 29.0 Å². The third-order valence-electron chi connectivity index (χ3n) is 4.99. The summed E-state index contributed by atoms with van der Waals surface area (Å²) < 4.78 is 0. The fourth-order valence-electron chi connectivity index (χ4n) is 3.26. The van der Waals surface area contributed by atoms with Crippen LogP contribution >= 0.6 is 11.3 Å². The molecule has 0 aliphatic carbocycles. The zero-order chi connectivity index (χ0) is 20.2. The molecule has 2 N–H and O–H groups in total. The maximum atomic E-state index is 12.7. The molecule has 1 fully saturated rings. The maximum Gasteiger partial charge on any atom is 0.322 e. The quantitative estimate of drug-likeness (QED) is 0.691. The molecule has 3 heterocycles. The van der Waals surface area contributed by atoms with Crippen LogP contribution in [-0.2, 0) is 6.42 Å². The van der Waals surface area contributed by atoms with Crippen molar-refractivity contribution in [1.82, 2.24) is 25.0 Å². The average molecular weight is 411 g/mol. The number of nitrogens with zero attached hydrogens (tertiary/aromatic N) is 4. The molecule has 1 aliphatic rings. The monoisotopic (exact) mass is 410 g/mol. The minimum Gasteiger partial charge on any atom is -0.335 e. The molecule has 1 aliphatic heterocycles. The van der Waals surface area contributed by atoms with Crippen LogP contribution in [0.25, 0.3) is 10.7 Å². The number of urea groups is 1. The molecule has 29 heavy (non-hydrogen) atoms. The molecule has 0 unspecified atom stereocenters. The van der Waals surface area contributed by atoms with Gasteiger partial charge in [-0.1, -0.05) is 19.1 Å². The van der Waals surface area contributed by atoms with Crippen LogP contribution < -0.4 is 5.32 Å². The molecule has 0 radical (unpaired) electrons. The van der Waals surface area contributed by atoms with Crippen LogP contribution in [0.5, 0.6) is 0 Å². The third kappa shape index (κ3) is 4.14. The van der Waals surface area contributed by atoms with E-state index < -0.39 is 0 Å². The Morgan fingerprint density at radius 2 is 1.86 bits per heavy atom. The van der Waals surface area contributed by atoms with Crippen molar-refractivity contribution in [3.05, 3.63) is 53.2 Å². The number of benzene rings is 1. The van der Waals surface area contributed by atoms with E-state index >= 15 is 0 Å². The van der Waals surface area contributed by atoms with Crippen LogP contribution in [0.15, 0.2) is 42.0 Å². The largest absolute Gasteiger partial charge is 0.335 e. The molecule has 0 bridgehead atoms. The van der Waals surface area contributed by atoms with E-state index in [0.717, 1.165) is 11.4 Å². The average Bonchev–Trinajstić information content (AvgIpc) is 3.45. The number of carbonyl (C=O) groups is 2. The number of carbonyl (C=O) groups excluding carboxylic acids is 2. The van der Waals surface area contributed by atoms with Gasteiger partial charge in [0, 0.05) is 43.3 Å². The lowest BCUT2D eigenvalue weighted by Gasteiger charge is -2.34. The van der Waals surface area contributed by atoms with Gasteiger partial charge in [0.15, 0.2) is 0 Å². The molecule has 1 saturated heterocycles. The van der Waals surface area contributed by atoms with Gasteiger partial charge < -0.3 is 15.1 Å². The Labute approximate surface area is 172 Å². The van der Waals surface area contributed by atoms with Crippen LogP contribution in [0.3, 0.4) is 0 Å². The van der Waals surface area contributed by atoms with E-state index in [1.165, 1.54) is 16.9 Å². The highest BCUT2D eigenvalue weighted by Crippen LogP contribution is 2.27. The van der Waals surface area contributed by atoms with Crippen molar-refractivity contribution in [1.29, 1.82) is 0 Å². The third-order valence-corrected chi connectivity index (χ3v) is 5.78. The lowest BCUT2D eigenvalue weighted by atomic mass is 10.1. The van der Waals surface area contributed by atoms with Crippen molar-refractivity contribution < 1.29 is 9.59 Å². The van der Waals surface area contributed by atoms with Gasteiger partial charge in [-0.2, -0.15) is 5.10 Å². The zero-order valence-corrected chi connectivity index (χ0v) is 16.9. The van der Waals surface area contributed by atoms with Gasteiger partial charge in [-0.25, -0.2) is 9.78 Å². The smallest absolute Gasteiger partial charge is 0.322 e. The first-order valence-electron chi connectivity index (χ1n) is 9.53. The SMILES string of the molecule is CCc1ccc(C(=O)N2CCN(C(=O)Nc3cn[nH]c3-c3nccs3)CC2)cc1. The maximum absolute atomic E-state index is 12.7. The number of hydrogen-bond acceptors (Lipinski definition) is 5. The van der Waals surface area contributed by atoms with Crippen LogP contribution in [0.4, 0.5) is 10.5 Å². The van der Waals surface area contributed by atoms with Crippen LogP contribution in [-0.4, -0.2) is 63.1 Å². The summed E-state index contributed by atoms with van der Waals surface area (Å²) in [6.07, 6.45) is 4.23. The minimum atomic E-state index is -0.205. The standard InChI is InChI=1S/C20H22N6O2S/c1-2-14-3-5-15(6-4-14)19(27)25-8-10-26(11-9-25)20(28)23-16-13-22-24-17(16)18-21-7-12-29-18/h3-7,12-13H,2,8-11H2,1H3,(H,22,24)(H,23,28). The van der Waals surface area contributed by atoms with Gasteiger partial charge in [0.1, 0.15) is 10.7 Å². The Morgan fingerprint density at radius 3 is 2.52 bits per heavy atom. The Hall–Kier alpha value is -3.20. The first-order valence-corrected chi connectivity index (χ1v) is 10.4. The number of hydrogen-bond donors (Lipinski definition) is 2. The first kappa shape index (κ1) is 19.1. The molecule has 4 rings (SSSR count). The normalized spacial score (nSPS) is 14.1. The van der Waals surface area contributed by atoms with Gasteiger partial charge in [0.25, 0.3) is 5.91 Å². The second-order valence-electron chi connectivity index (χ2n) is 6.76. The fraction of sp³-hybridized carbons (Fsp3) is 0.300. The van der Waals surface area contributed by atoms with Gasteiger partial charge in [-0.15, -0.1) is 11.3 Å². The second-order valence-corrected chi connectivity index (χ2v) is 7.65. The van der Waals surface area contributed by atoms with Crippen molar-refractivity contribution in [3.8, 4) is 10.7 Å². The summed E-state index contributed by atoms with van der Waals surface area (Å²) in [4.78, 5) is 33.1. The lowest BCUT2D eigenvalue weighted by molar-refractivity contribution is 0.0671. The molecule has 0 atom stereocenters. The van der Waals surface area contributed by atoms with Crippen LogP contribution in [0.1, 0.15) is 22.8 Å². The molecule has 0 spiro atoms. The van der Waals surface area contributed by atoms with Crippen molar-refractivity contribution in [2.24, 2.45) is 0 Å². The van der Waals surface area contributed by atoms with Gasteiger partial charge in [0.2, 0.25) is 0 Å². The van der Waals surface area contributed by atoms with Crippen molar-refractivity contribution in [2.75, 3.05) is 31.5 Å². The second kappa shape index (κ2) is 8.44. The van der Waals surface area contributed by atoms with E-state index in [9.17, 15) is 9.59 Å². The van der Waals surface area contributed by atoms with E-state index in [4.69, 9.17) is 0 Å². The summed E-state index contributed by atoms with van der Waals surface area (Å²) in [5.74, 6) is 0.00796. The molecule has 1 aromatic carbocycles. The molecule has 0 saturated carbocycles. The number of nitrogens with one attached hydrogen (secondary N) is 2. The predicted molar refractivity (Wildman–Crippen MR) is 112 cm³/mol. The number of rotatable bonds is 4. The number of aromatic nitrogens is 3. The summed E-state index contributed by atoms with van der Waals surface area (Å²) in [6, 6.07) is 7.52. The van der Waals surface area contributed by atoms with Gasteiger partial charge in [0.05, 0.1) is 11.9 Å². The van der Waals surface area contributed by atoms with Crippen LogP contribution in [0.2, 0.25) is 0 Å². The zero-order valence-electron chi connectivity index (χ0n) is 16.1. The molecular weight excluding hydrogens is 388 g/mol. The number of amides is 3. The summed E-state index contributed by atoms with van der Waals surface area (Å²) >= 11 is 1.47. The number of aryl methyl sites for hydroxylation is 1. The van der Waals surface area contributed by atoms with E-state index in [-0.39, 0.29) is 11.9 Å². The molecule has 9 heteroatoms. The molecule has 2 aromatic heterocycles. The highest BCUT2D eigenvalue weighted by atomic mass is 32.1. The Bertz CT molecular complexity index is 975. The summed E-state index contributed by atoms with van der Waals surface area (Å²) in [5, 5.41) is 12.4. The van der Waals surface area contributed by atoms with Gasteiger partial charge in [-0.3, -0.25) is 9.89 Å². The lowest BCUT2D eigenvalue weighted by Crippen LogP contribution is -2.51. The number of aromatic amines is 1. The van der Waals surface area contributed by atoms with Gasteiger partial charge >= 0.3 is 6.03 Å². The topological polar surface area (TPSA) is 94.2 Å². The van der Waals surface area contributed by atoms with E-state index in [1.807, 2.05) is 29.6 Å². The number of anilines is 1. The van der Waals surface area contributed by atoms with Crippen molar-refractivity contribution in [2.45, 2.75) is 13.3 Å². The van der Waals surface area contributed by atoms with Gasteiger partial charge in [-0.05, 0) is 24.1 Å². The molecule has 150 valence electrons. The Kier molecular flexibility index (Phi) is 5.57. The first-order chi connectivity index (χ1) is 14.2. The molecular formula is C20H22N6O2S. The van der Waals surface area contributed by atoms with E-state index in [0.29, 0.717) is 43.1 Å². The van der Waals surface area contributed by atoms with Crippen LogP contribution in [0, 0.1) is 0 Å².